The topological polar surface area (TPSA) is 70.6 Å². The van der Waals surface area contributed by atoms with Crippen molar-refractivity contribution in [2.24, 2.45) is 10.7 Å². The molecule has 0 rings (SSSR count). The van der Waals surface area contributed by atoms with Crippen molar-refractivity contribution in [3.63, 3.8) is 0 Å². The van der Waals surface area contributed by atoms with Crippen LogP contribution < -0.4 is 11.1 Å². The smallest absolute Gasteiger partial charge is 0.188 e. The Hall–Kier alpha value is -0.770. The molecule has 0 saturated carbocycles. The van der Waals surface area contributed by atoms with Gasteiger partial charge in [0.25, 0.3) is 0 Å². The first kappa shape index (κ1) is 9.23. The van der Waals surface area contributed by atoms with E-state index >= 15 is 0 Å². The number of nitrogens with two attached hydrogens (primary N) is 1. The van der Waals surface area contributed by atoms with E-state index in [-0.39, 0.29) is 6.61 Å². The lowest BCUT2D eigenvalue weighted by atomic mass is 10.5. The second-order valence-corrected chi connectivity index (χ2v) is 1.87. The van der Waals surface area contributed by atoms with E-state index in [4.69, 9.17) is 10.8 Å². The first-order valence-corrected chi connectivity index (χ1v) is 3.46. The summed E-state index contributed by atoms with van der Waals surface area (Å²) in [5, 5.41) is 11.2. The lowest BCUT2D eigenvalue weighted by Crippen LogP contribution is -2.31. The van der Waals surface area contributed by atoms with Gasteiger partial charge in [-0.1, -0.05) is 0 Å². The Morgan fingerprint density at radius 2 is 2.40 bits per heavy atom. The van der Waals surface area contributed by atoms with Crippen molar-refractivity contribution in [2.45, 2.75) is 13.3 Å². The maximum absolute atomic E-state index is 8.38. The normalized spacial score (nSPS) is 11.6. The van der Waals surface area contributed by atoms with Crippen LogP contribution in [0.2, 0.25) is 0 Å². The molecule has 0 aliphatic rings. The van der Waals surface area contributed by atoms with Crippen molar-refractivity contribution in [3.05, 3.63) is 0 Å². The summed E-state index contributed by atoms with van der Waals surface area (Å²) in [7, 11) is 0. The standard InChI is InChI=1S/C6H15N3O/c1-2-8-6(7)9-4-3-5-10/h10H,2-5H2,1H3,(H3,7,8,9). The molecule has 0 aromatic rings. The van der Waals surface area contributed by atoms with Crippen LogP contribution in [0.25, 0.3) is 0 Å². The zero-order valence-electron chi connectivity index (χ0n) is 6.30. The Labute approximate surface area is 61.1 Å². The molecule has 0 aromatic carbocycles. The fourth-order valence-corrected chi connectivity index (χ4v) is 0.507. The van der Waals surface area contributed by atoms with Gasteiger partial charge in [0, 0.05) is 19.7 Å². The van der Waals surface area contributed by atoms with Gasteiger partial charge in [-0.05, 0) is 13.3 Å². The maximum Gasteiger partial charge on any atom is 0.188 e. The molecule has 0 heterocycles. The predicted molar refractivity (Wildman–Crippen MR) is 41.9 cm³/mol. The molecule has 0 aliphatic carbocycles. The number of nitrogens with zero attached hydrogens (tertiary/aromatic N) is 1. The Balaban J connectivity index is 3.28. The number of guanidine groups is 1. The molecule has 0 amide bonds. The SMILES string of the molecule is CCNC(N)=NCCCO. The fraction of sp³-hybridized carbons (Fsp3) is 0.833. The van der Waals surface area contributed by atoms with Gasteiger partial charge in [0.1, 0.15) is 0 Å². The van der Waals surface area contributed by atoms with E-state index < -0.39 is 0 Å². The third kappa shape index (κ3) is 5.37. The molecule has 0 spiro atoms. The molecular weight excluding hydrogens is 130 g/mol. The lowest BCUT2D eigenvalue weighted by molar-refractivity contribution is 0.291. The summed E-state index contributed by atoms with van der Waals surface area (Å²) in [4.78, 5) is 3.93. The summed E-state index contributed by atoms with van der Waals surface area (Å²) in [6.07, 6.45) is 0.673. The van der Waals surface area contributed by atoms with Gasteiger partial charge >= 0.3 is 0 Å². The summed E-state index contributed by atoms with van der Waals surface area (Å²) < 4.78 is 0. The van der Waals surface area contributed by atoms with Crippen LogP contribution in [-0.2, 0) is 0 Å². The van der Waals surface area contributed by atoms with Gasteiger partial charge in [-0.25, -0.2) is 0 Å². The number of nitrogens with one attached hydrogen (secondary N) is 1. The molecule has 60 valence electrons. The van der Waals surface area contributed by atoms with Crippen LogP contribution in [0.1, 0.15) is 13.3 Å². The van der Waals surface area contributed by atoms with Crippen molar-refractivity contribution in [1.29, 1.82) is 0 Å². The van der Waals surface area contributed by atoms with Crippen LogP contribution in [0.15, 0.2) is 4.99 Å². The average Bonchev–Trinajstić information content (AvgIpc) is 1.89. The Bertz CT molecular complexity index is 103. The number of aliphatic hydroxyl groups is 1. The van der Waals surface area contributed by atoms with Crippen LogP contribution in [0, 0.1) is 0 Å². The van der Waals surface area contributed by atoms with E-state index in [2.05, 4.69) is 10.3 Å². The van der Waals surface area contributed by atoms with E-state index in [0.717, 1.165) is 6.54 Å². The maximum atomic E-state index is 8.38. The number of aliphatic hydroxyl groups excluding tert-OH is 1. The number of hydrogen-bond acceptors (Lipinski definition) is 2. The first-order valence-electron chi connectivity index (χ1n) is 3.46. The number of hydrogen-bond donors (Lipinski definition) is 3. The summed E-state index contributed by atoms with van der Waals surface area (Å²) in [6, 6.07) is 0. The van der Waals surface area contributed by atoms with Crippen molar-refractivity contribution >= 4 is 5.96 Å². The number of rotatable bonds is 4. The lowest BCUT2D eigenvalue weighted by Gasteiger charge is -1.99. The minimum atomic E-state index is 0.170. The van der Waals surface area contributed by atoms with Gasteiger partial charge < -0.3 is 16.2 Å². The minimum absolute atomic E-state index is 0.170. The molecule has 0 aliphatic heterocycles. The zero-order chi connectivity index (χ0) is 7.82. The van der Waals surface area contributed by atoms with Crippen LogP contribution in [0.3, 0.4) is 0 Å². The molecule has 0 aromatic heterocycles. The largest absolute Gasteiger partial charge is 0.396 e. The molecule has 0 saturated heterocycles. The summed E-state index contributed by atoms with van der Waals surface area (Å²) in [5.74, 6) is 0.455. The molecule has 0 radical (unpaired) electrons. The molecule has 4 heteroatoms. The average molecular weight is 145 g/mol. The van der Waals surface area contributed by atoms with Gasteiger partial charge in [0.15, 0.2) is 5.96 Å². The summed E-state index contributed by atoms with van der Waals surface area (Å²) >= 11 is 0. The summed E-state index contributed by atoms with van der Waals surface area (Å²) in [6.45, 7) is 3.50. The quantitative estimate of drug-likeness (QED) is 0.278. The highest BCUT2D eigenvalue weighted by Gasteiger charge is 1.85. The van der Waals surface area contributed by atoms with Crippen molar-refractivity contribution in [2.75, 3.05) is 19.7 Å². The van der Waals surface area contributed by atoms with Gasteiger partial charge in [-0.15, -0.1) is 0 Å². The second-order valence-electron chi connectivity index (χ2n) is 1.87. The monoisotopic (exact) mass is 145 g/mol. The third-order valence-electron chi connectivity index (χ3n) is 0.956. The zero-order valence-corrected chi connectivity index (χ0v) is 6.30. The van der Waals surface area contributed by atoms with E-state index in [9.17, 15) is 0 Å². The van der Waals surface area contributed by atoms with Crippen molar-refractivity contribution < 1.29 is 5.11 Å². The Morgan fingerprint density at radius 1 is 1.70 bits per heavy atom. The van der Waals surface area contributed by atoms with Crippen molar-refractivity contribution in [3.8, 4) is 0 Å². The van der Waals surface area contributed by atoms with Crippen LogP contribution in [0.4, 0.5) is 0 Å². The van der Waals surface area contributed by atoms with Gasteiger partial charge in [-0.2, -0.15) is 0 Å². The Morgan fingerprint density at radius 3 is 2.90 bits per heavy atom. The highest BCUT2D eigenvalue weighted by Crippen LogP contribution is 1.76. The minimum Gasteiger partial charge on any atom is -0.396 e. The predicted octanol–water partition coefficient (Wildman–Crippen LogP) is -0.707. The highest BCUT2D eigenvalue weighted by atomic mass is 16.3. The molecular formula is C6H15N3O. The second kappa shape index (κ2) is 6.35. The van der Waals surface area contributed by atoms with Gasteiger partial charge in [-0.3, -0.25) is 4.99 Å². The fourth-order valence-electron chi connectivity index (χ4n) is 0.507. The van der Waals surface area contributed by atoms with E-state index in [1.807, 2.05) is 6.92 Å². The van der Waals surface area contributed by atoms with E-state index in [0.29, 0.717) is 18.9 Å². The van der Waals surface area contributed by atoms with E-state index in [1.165, 1.54) is 0 Å². The number of aliphatic imine (C=N–C) groups is 1. The third-order valence-corrected chi connectivity index (χ3v) is 0.956. The molecule has 10 heavy (non-hydrogen) atoms. The van der Waals surface area contributed by atoms with Crippen molar-refractivity contribution in [1.82, 2.24) is 5.32 Å². The van der Waals surface area contributed by atoms with Crippen LogP contribution >= 0.6 is 0 Å². The Kier molecular flexibility index (Phi) is 5.86. The van der Waals surface area contributed by atoms with Gasteiger partial charge in [0.2, 0.25) is 0 Å². The summed E-state index contributed by atoms with van der Waals surface area (Å²) in [5.41, 5.74) is 5.38. The molecule has 0 unspecified atom stereocenters. The molecule has 4 nitrogen and oxygen atoms in total. The molecule has 4 N–H and O–H groups in total. The molecule has 0 atom stereocenters. The van der Waals surface area contributed by atoms with E-state index in [1.54, 1.807) is 0 Å². The van der Waals surface area contributed by atoms with Crippen LogP contribution in [-0.4, -0.2) is 30.8 Å². The van der Waals surface area contributed by atoms with Crippen LogP contribution in [0.5, 0.6) is 0 Å². The van der Waals surface area contributed by atoms with Gasteiger partial charge in [0.05, 0.1) is 0 Å². The molecule has 0 fully saturated rings. The highest BCUT2D eigenvalue weighted by molar-refractivity contribution is 5.77. The molecule has 0 bridgehead atoms. The first-order chi connectivity index (χ1) is 4.81.